The fourth-order valence-electron chi connectivity index (χ4n) is 2.08. The molecule has 1 saturated carbocycles. The van der Waals surface area contributed by atoms with Crippen molar-refractivity contribution in [3.05, 3.63) is 53.3 Å². The molecular weight excluding hydrogens is 274 g/mol. The van der Waals surface area contributed by atoms with Gasteiger partial charge in [0.25, 0.3) is 0 Å². The Morgan fingerprint density at radius 3 is 2.60 bits per heavy atom. The Balaban J connectivity index is 1.93. The summed E-state index contributed by atoms with van der Waals surface area (Å²) in [6, 6.07) is 8.80. The van der Waals surface area contributed by atoms with Crippen LogP contribution >= 0.6 is 11.6 Å². The number of hydrogen-bond acceptors (Lipinski definition) is 3. The maximum absolute atomic E-state index is 12.1. The summed E-state index contributed by atoms with van der Waals surface area (Å²) in [5.41, 5.74) is 2.08. The molecule has 3 rings (SSSR count). The quantitative estimate of drug-likeness (QED) is 0.637. The number of ketones is 2. The van der Waals surface area contributed by atoms with Gasteiger partial charge in [-0.2, -0.15) is 0 Å². The van der Waals surface area contributed by atoms with E-state index in [0.29, 0.717) is 10.6 Å². The van der Waals surface area contributed by atoms with Gasteiger partial charge in [-0.05, 0) is 30.5 Å². The fraction of sp³-hybridized carbons (Fsp3) is 0.188. The van der Waals surface area contributed by atoms with E-state index in [1.54, 1.807) is 36.7 Å². The van der Waals surface area contributed by atoms with Gasteiger partial charge in [-0.15, -0.1) is 0 Å². The van der Waals surface area contributed by atoms with E-state index in [0.717, 1.165) is 24.0 Å². The van der Waals surface area contributed by atoms with Crippen LogP contribution in [0.4, 0.5) is 0 Å². The molecule has 1 aromatic heterocycles. The molecule has 1 aliphatic carbocycles. The first kappa shape index (κ1) is 13.0. The highest BCUT2D eigenvalue weighted by Crippen LogP contribution is 2.31. The number of hydrogen-bond donors (Lipinski definition) is 0. The summed E-state index contributed by atoms with van der Waals surface area (Å²) in [5, 5.41) is 0.535. The summed E-state index contributed by atoms with van der Waals surface area (Å²) in [6.07, 6.45) is 4.90. The minimum atomic E-state index is -0.399. The van der Waals surface area contributed by atoms with Crippen molar-refractivity contribution >= 4 is 23.2 Å². The van der Waals surface area contributed by atoms with Crippen LogP contribution < -0.4 is 0 Å². The summed E-state index contributed by atoms with van der Waals surface area (Å²) in [5.74, 6) is -0.727. The van der Waals surface area contributed by atoms with Crippen molar-refractivity contribution in [2.45, 2.75) is 12.8 Å². The number of pyridine rings is 1. The second-order valence-corrected chi connectivity index (χ2v) is 5.38. The third-order valence-electron chi connectivity index (χ3n) is 3.33. The van der Waals surface area contributed by atoms with Gasteiger partial charge < -0.3 is 0 Å². The molecule has 0 N–H and O–H groups in total. The Bertz CT molecular complexity index is 692. The Kier molecular flexibility index (Phi) is 3.36. The molecular formula is C16H12ClNO2. The zero-order chi connectivity index (χ0) is 14.1. The number of carbonyl (C=O) groups excluding carboxylic acids is 2. The minimum absolute atomic E-state index is 0.0565. The highest BCUT2D eigenvalue weighted by atomic mass is 35.5. The van der Waals surface area contributed by atoms with Gasteiger partial charge in [0.15, 0.2) is 0 Å². The molecule has 20 heavy (non-hydrogen) atoms. The number of benzene rings is 1. The van der Waals surface area contributed by atoms with E-state index in [2.05, 4.69) is 4.98 Å². The lowest BCUT2D eigenvalue weighted by Gasteiger charge is -2.04. The standard InChI is InChI=1S/C16H12ClNO2/c17-14-7-13(8-18-9-14)11-2-1-3-12(6-11)16(20)15(19)10-4-5-10/h1-3,6-10H,4-5H2. The minimum Gasteiger partial charge on any atom is -0.290 e. The van der Waals surface area contributed by atoms with E-state index in [4.69, 9.17) is 11.6 Å². The molecule has 1 fully saturated rings. The van der Waals surface area contributed by atoms with Gasteiger partial charge >= 0.3 is 0 Å². The Morgan fingerprint density at radius 1 is 1.10 bits per heavy atom. The molecule has 0 amide bonds. The molecule has 0 aliphatic heterocycles. The number of nitrogens with zero attached hydrogens (tertiary/aromatic N) is 1. The predicted molar refractivity (Wildman–Crippen MR) is 76.7 cm³/mol. The first-order valence-electron chi connectivity index (χ1n) is 6.44. The van der Waals surface area contributed by atoms with Crippen LogP contribution in [-0.4, -0.2) is 16.6 Å². The molecule has 100 valence electrons. The van der Waals surface area contributed by atoms with Crippen LogP contribution in [0, 0.1) is 5.92 Å². The molecule has 2 aromatic rings. The molecule has 1 heterocycles. The van der Waals surface area contributed by atoms with Gasteiger partial charge in [0.2, 0.25) is 11.6 Å². The van der Waals surface area contributed by atoms with Gasteiger partial charge in [-0.25, -0.2) is 0 Å². The fourth-order valence-corrected chi connectivity index (χ4v) is 2.26. The number of carbonyl (C=O) groups is 2. The van der Waals surface area contributed by atoms with Crippen molar-refractivity contribution in [1.82, 2.24) is 4.98 Å². The molecule has 0 spiro atoms. The summed E-state index contributed by atoms with van der Waals surface area (Å²) < 4.78 is 0. The monoisotopic (exact) mass is 285 g/mol. The van der Waals surface area contributed by atoms with Crippen LogP contribution in [0.5, 0.6) is 0 Å². The predicted octanol–water partition coefficient (Wildman–Crippen LogP) is 3.56. The van der Waals surface area contributed by atoms with E-state index in [-0.39, 0.29) is 11.7 Å². The molecule has 3 nitrogen and oxygen atoms in total. The average Bonchev–Trinajstić information content (AvgIpc) is 3.30. The normalized spacial score (nSPS) is 14.1. The Morgan fingerprint density at radius 2 is 1.90 bits per heavy atom. The maximum Gasteiger partial charge on any atom is 0.228 e. The molecule has 0 saturated heterocycles. The van der Waals surface area contributed by atoms with Crippen LogP contribution in [0.3, 0.4) is 0 Å². The van der Waals surface area contributed by atoms with Crippen molar-refractivity contribution in [3.63, 3.8) is 0 Å². The molecule has 0 radical (unpaired) electrons. The molecule has 0 atom stereocenters. The van der Waals surface area contributed by atoms with Gasteiger partial charge in [0, 0.05) is 29.4 Å². The third kappa shape index (κ3) is 2.63. The molecule has 0 bridgehead atoms. The lowest BCUT2D eigenvalue weighted by molar-refractivity contribution is -0.116. The lowest BCUT2D eigenvalue weighted by Crippen LogP contribution is -2.15. The van der Waals surface area contributed by atoms with Crippen molar-refractivity contribution in [3.8, 4) is 11.1 Å². The Hall–Kier alpha value is -2.00. The first-order chi connectivity index (χ1) is 9.65. The average molecular weight is 286 g/mol. The second kappa shape index (κ2) is 5.17. The smallest absolute Gasteiger partial charge is 0.228 e. The van der Waals surface area contributed by atoms with Crippen molar-refractivity contribution < 1.29 is 9.59 Å². The number of halogens is 1. The highest BCUT2D eigenvalue weighted by Gasteiger charge is 2.34. The van der Waals surface area contributed by atoms with E-state index >= 15 is 0 Å². The maximum atomic E-state index is 12.1. The molecule has 4 heteroatoms. The molecule has 1 aromatic carbocycles. The summed E-state index contributed by atoms with van der Waals surface area (Å²) in [4.78, 5) is 27.9. The van der Waals surface area contributed by atoms with E-state index in [1.165, 1.54) is 0 Å². The summed E-state index contributed by atoms with van der Waals surface area (Å²) >= 11 is 5.91. The van der Waals surface area contributed by atoms with E-state index < -0.39 is 5.78 Å². The highest BCUT2D eigenvalue weighted by molar-refractivity contribution is 6.44. The second-order valence-electron chi connectivity index (χ2n) is 4.94. The van der Waals surface area contributed by atoms with Crippen LogP contribution in [-0.2, 0) is 4.79 Å². The van der Waals surface area contributed by atoms with Gasteiger partial charge in [-0.1, -0.05) is 29.8 Å². The largest absolute Gasteiger partial charge is 0.290 e. The molecule has 1 aliphatic rings. The summed E-state index contributed by atoms with van der Waals surface area (Å²) in [7, 11) is 0. The zero-order valence-corrected chi connectivity index (χ0v) is 11.4. The van der Waals surface area contributed by atoms with Gasteiger partial charge in [0.1, 0.15) is 0 Å². The zero-order valence-electron chi connectivity index (χ0n) is 10.7. The van der Waals surface area contributed by atoms with Crippen LogP contribution in [0.2, 0.25) is 5.02 Å². The Labute approximate surface area is 121 Å². The SMILES string of the molecule is O=C(C(=O)C1CC1)c1cccc(-c2cncc(Cl)c2)c1. The first-order valence-corrected chi connectivity index (χ1v) is 6.82. The summed E-state index contributed by atoms with van der Waals surface area (Å²) in [6.45, 7) is 0. The van der Waals surface area contributed by atoms with Crippen molar-refractivity contribution in [1.29, 1.82) is 0 Å². The van der Waals surface area contributed by atoms with E-state index in [9.17, 15) is 9.59 Å². The van der Waals surface area contributed by atoms with E-state index in [1.807, 2.05) is 6.07 Å². The van der Waals surface area contributed by atoms with Crippen LogP contribution in [0.15, 0.2) is 42.7 Å². The topological polar surface area (TPSA) is 47.0 Å². The number of rotatable bonds is 4. The molecule has 0 unspecified atom stereocenters. The number of aromatic nitrogens is 1. The van der Waals surface area contributed by atoms with Crippen LogP contribution in [0.1, 0.15) is 23.2 Å². The van der Waals surface area contributed by atoms with Gasteiger partial charge in [0.05, 0.1) is 5.02 Å². The van der Waals surface area contributed by atoms with Gasteiger partial charge in [-0.3, -0.25) is 14.6 Å². The van der Waals surface area contributed by atoms with Crippen molar-refractivity contribution in [2.75, 3.05) is 0 Å². The van der Waals surface area contributed by atoms with Crippen LogP contribution in [0.25, 0.3) is 11.1 Å². The lowest BCUT2D eigenvalue weighted by atomic mass is 9.99. The third-order valence-corrected chi connectivity index (χ3v) is 3.54. The number of Topliss-reactive ketones (excluding diaryl/α,β-unsaturated/α-hetero) is 2. The van der Waals surface area contributed by atoms with Crippen molar-refractivity contribution in [2.24, 2.45) is 5.92 Å².